The van der Waals surface area contributed by atoms with Gasteiger partial charge in [-0.05, 0) is 0 Å². The van der Waals surface area contributed by atoms with Crippen molar-refractivity contribution in [2.45, 2.75) is 18.1 Å². The number of carboxylic acid groups (broad SMARTS) is 1. The highest BCUT2D eigenvalue weighted by Gasteiger charge is 2.65. The van der Waals surface area contributed by atoms with Crippen LogP contribution < -0.4 is 10.0 Å². The molecule has 2 fully saturated rings. The first-order valence-corrected chi connectivity index (χ1v) is 7.10. The van der Waals surface area contributed by atoms with E-state index in [-0.39, 0.29) is 5.91 Å². The second-order valence-corrected chi connectivity index (χ2v) is 6.29. The van der Waals surface area contributed by atoms with Crippen molar-refractivity contribution in [1.82, 2.24) is 4.90 Å². The Bertz CT molecular complexity index is 476. The number of nitrogens with one attached hydrogen (secondary N) is 1. The Morgan fingerprint density at radius 3 is 3.00 bits per heavy atom. The lowest BCUT2D eigenvalue weighted by Gasteiger charge is -2.24. The molecule has 1 amide bonds. The zero-order chi connectivity index (χ0) is 14.5. The molecule has 6 nitrogen and oxygen atoms in total. The number of quaternary nitrogens is 1. The molecule has 0 unspecified atom stereocenters. The van der Waals surface area contributed by atoms with E-state index in [4.69, 9.17) is 4.74 Å². The number of rotatable bonds is 5. The predicted molar refractivity (Wildman–Crippen MR) is 67.6 cm³/mol. The first-order valence-electron chi connectivity index (χ1n) is 7.10. The van der Waals surface area contributed by atoms with Gasteiger partial charge >= 0.3 is 0 Å². The molecule has 0 aromatic rings. The van der Waals surface area contributed by atoms with Gasteiger partial charge < -0.3 is 24.4 Å². The van der Waals surface area contributed by atoms with Gasteiger partial charge in [-0.3, -0.25) is 4.79 Å². The molecular formula is C14H20N2O4. The Hall–Kier alpha value is -1.40. The van der Waals surface area contributed by atoms with E-state index in [9.17, 15) is 14.7 Å². The third-order valence-electron chi connectivity index (χ3n) is 4.56. The SMILES string of the molecule is C[NH+](C)CCCN1C[C@]23C=C[C@@H](O2)[C@H](C(=O)[O-])[C@@H]3C1=O. The number of ether oxygens (including phenoxy) is 1. The van der Waals surface area contributed by atoms with Crippen molar-refractivity contribution >= 4 is 11.9 Å². The lowest BCUT2D eigenvalue weighted by molar-refractivity contribution is -0.858. The first-order chi connectivity index (χ1) is 9.44. The molecule has 2 bridgehead atoms. The van der Waals surface area contributed by atoms with Gasteiger partial charge in [-0.2, -0.15) is 0 Å². The third kappa shape index (κ3) is 1.86. The van der Waals surface area contributed by atoms with E-state index in [2.05, 4.69) is 14.1 Å². The van der Waals surface area contributed by atoms with E-state index in [1.807, 2.05) is 6.08 Å². The summed E-state index contributed by atoms with van der Waals surface area (Å²) in [6.45, 7) is 2.10. The van der Waals surface area contributed by atoms with Gasteiger partial charge in [0.1, 0.15) is 5.60 Å². The lowest BCUT2D eigenvalue weighted by Crippen LogP contribution is -3.05. The van der Waals surface area contributed by atoms with Gasteiger partial charge in [0.25, 0.3) is 0 Å². The monoisotopic (exact) mass is 280 g/mol. The van der Waals surface area contributed by atoms with E-state index in [0.29, 0.717) is 13.1 Å². The van der Waals surface area contributed by atoms with Crippen LogP contribution in [0.1, 0.15) is 6.42 Å². The molecule has 2 saturated heterocycles. The Labute approximate surface area is 118 Å². The highest BCUT2D eigenvalue weighted by Crippen LogP contribution is 2.51. The summed E-state index contributed by atoms with van der Waals surface area (Å²) in [5, 5.41) is 11.3. The van der Waals surface area contributed by atoms with Crippen LogP contribution in [-0.2, 0) is 14.3 Å². The van der Waals surface area contributed by atoms with Crippen LogP contribution in [0.3, 0.4) is 0 Å². The quantitative estimate of drug-likeness (QED) is 0.547. The van der Waals surface area contributed by atoms with Crippen LogP contribution in [0.2, 0.25) is 0 Å². The zero-order valence-corrected chi connectivity index (χ0v) is 11.8. The Balaban J connectivity index is 1.74. The van der Waals surface area contributed by atoms with Crippen LogP contribution in [-0.4, -0.2) is 62.2 Å². The number of hydrogen-bond donors (Lipinski definition) is 1. The van der Waals surface area contributed by atoms with Crippen molar-refractivity contribution in [2.24, 2.45) is 11.8 Å². The molecule has 0 radical (unpaired) electrons. The Kier molecular flexibility index (Phi) is 3.10. The van der Waals surface area contributed by atoms with E-state index in [1.54, 1.807) is 11.0 Å². The molecule has 1 spiro atoms. The second-order valence-electron chi connectivity index (χ2n) is 6.29. The Morgan fingerprint density at radius 1 is 1.60 bits per heavy atom. The zero-order valence-electron chi connectivity index (χ0n) is 11.8. The molecule has 20 heavy (non-hydrogen) atoms. The molecule has 0 saturated carbocycles. The van der Waals surface area contributed by atoms with Gasteiger partial charge in [0.2, 0.25) is 5.91 Å². The molecule has 4 atom stereocenters. The average Bonchev–Trinajstić information content (AvgIpc) is 2.98. The molecular weight excluding hydrogens is 260 g/mol. The van der Waals surface area contributed by atoms with Gasteiger partial charge in [0.15, 0.2) is 0 Å². The fraction of sp³-hybridized carbons (Fsp3) is 0.714. The maximum absolute atomic E-state index is 12.5. The molecule has 3 aliphatic heterocycles. The number of carbonyl (C=O) groups is 2. The molecule has 3 rings (SSSR count). The maximum atomic E-state index is 12.5. The van der Waals surface area contributed by atoms with Crippen molar-refractivity contribution in [3.05, 3.63) is 12.2 Å². The summed E-state index contributed by atoms with van der Waals surface area (Å²) >= 11 is 0. The Morgan fingerprint density at radius 2 is 2.35 bits per heavy atom. The van der Waals surface area contributed by atoms with E-state index >= 15 is 0 Å². The minimum atomic E-state index is -1.18. The summed E-state index contributed by atoms with van der Waals surface area (Å²) in [6.07, 6.45) is 4.04. The summed E-state index contributed by atoms with van der Waals surface area (Å²) in [4.78, 5) is 26.8. The van der Waals surface area contributed by atoms with Crippen molar-refractivity contribution < 1.29 is 24.3 Å². The average molecular weight is 280 g/mol. The van der Waals surface area contributed by atoms with E-state index in [0.717, 1.165) is 13.0 Å². The highest BCUT2D eigenvalue weighted by atomic mass is 16.5. The third-order valence-corrected chi connectivity index (χ3v) is 4.56. The van der Waals surface area contributed by atoms with Crippen molar-refractivity contribution in [2.75, 3.05) is 33.7 Å². The van der Waals surface area contributed by atoms with Crippen molar-refractivity contribution in [1.29, 1.82) is 0 Å². The topological polar surface area (TPSA) is 74.1 Å². The fourth-order valence-electron chi connectivity index (χ4n) is 3.66. The minimum Gasteiger partial charge on any atom is -0.550 e. The predicted octanol–water partition coefficient (Wildman–Crippen LogP) is -2.95. The fourth-order valence-corrected chi connectivity index (χ4v) is 3.66. The number of likely N-dealkylation sites (tertiary alicyclic amines) is 1. The molecule has 3 aliphatic rings. The normalized spacial score (nSPS) is 38.0. The van der Waals surface area contributed by atoms with E-state index in [1.165, 1.54) is 4.90 Å². The highest BCUT2D eigenvalue weighted by molar-refractivity contribution is 5.90. The summed E-state index contributed by atoms with van der Waals surface area (Å²) in [5.74, 6) is -2.72. The van der Waals surface area contributed by atoms with Crippen molar-refractivity contribution in [3.8, 4) is 0 Å². The molecule has 110 valence electrons. The largest absolute Gasteiger partial charge is 0.550 e. The smallest absolute Gasteiger partial charge is 0.229 e. The number of fused-ring (bicyclic) bond motifs is 1. The van der Waals surface area contributed by atoms with Gasteiger partial charge in [-0.15, -0.1) is 0 Å². The number of nitrogens with zero attached hydrogens (tertiary/aromatic N) is 1. The number of carbonyl (C=O) groups excluding carboxylic acids is 2. The molecule has 1 N–H and O–H groups in total. The van der Waals surface area contributed by atoms with Crippen LogP contribution in [0.4, 0.5) is 0 Å². The molecule has 3 heterocycles. The lowest BCUT2D eigenvalue weighted by atomic mass is 9.77. The van der Waals surface area contributed by atoms with Crippen LogP contribution in [0, 0.1) is 11.8 Å². The van der Waals surface area contributed by atoms with Gasteiger partial charge in [0, 0.05) is 24.9 Å². The molecule has 0 aromatic carbocycles. The van der Waals surface area contributed by atoms with Crippen LogP contribution in [0.25, 0.3) is 0 Å². The standard InChI is InChI=1S/C14H20N2O4/c1-15(2)6-3-7-16-8-14-5-4-9(20-14)10(13(18)19)11(14)12(16)17/h4-5,9-11H,3,6-8H2,1-2H3,(H,18,19)/t9-,10+,11-,14+/m1/s1. The number of hydrogen-bond acceptors (Lipinski definition) is 4. The minimum absolute atomic E-state index is 0.0974. The van der Waals surface area contributed by atoms with Crippen molar-refractivity contribution in [3.63, 3.8) is 0 Å². The summed E-state index contributed by atoms with van der Waals surface area (Å²) in [7, 11) is 4.14. The summed E-state index contributed by atoms with van der Waals surface area (Å²) in [5.41, 5.74) is -0.725. The summed E-state index contributed by atoms with van der Waals surface area (Å²) in [6, 6.07) is 0. The first kappa shape index (κ1) is 13.6. The number of aliphatic carboxylic acids is 1. The number of amides is 1. The van der Waals surface area contributed by atoms with Crippen LogP contribution in [0.5, 0.6) is 0 Å². The molecule has 0 aliphatic carbocycles. The van der Waals surface area contributed by atoms with Crippen LogP contribution in [0.15, 0.2) is 12.2 Å². The number of carboxylic acids is 1. The maximum Gasteiger partial charge on any atom is 0.229 e. The second kappa shape index (κ2) is 4.56. The summed E-state index contributed by atoms with van der Waals surface area (Å²) < 4.78 is 5.79. The van der Waals surface area contributed by atoms with Gasteiger partial charge in [-0.25, -0.2) is 0 Å². The van der Waals surface area contributed by atoms with Crippen LogP contribution >= 0.6 is 0 Å². The molecule has 6 heteroatoms. The van der Waals surface area contributed by atoms with Gasteiger partial charge in [0.05, 0.1) is 39.2 Å². The molecule has 0 aromatic heterocycles. The van der Waals surface area contributed by atoms with E-state index < -0.39 is 29.5 Å². The van der Waals surface area contributed by atoms with Gasteiger partial charge in [-0.1, -0.05) is 12.2 Å².